The van der Waals surface area contributed by atoms with Gasteiger partial charge in [-0.1, -0.05) is 0 Å². The molecular weight excluding hydrogens is 314 g/mol. The predicted octanol–water partition coefficient (Wildman–Crippen LogP) is 2.34. The molecule has 0 bridgehead atoms. The fraction of sp³-hybridized carbons (Fsp3) is 0.294. The second-order valence-corrected chi connectivity index (χ2v) is 5.41. The first-order chi connectivity index (χ1) is 11.2. The van der Waals surface area contributed by atoms with E-state index in [9.17, 15) is 9.59 Å². The molecule has 122 valence electrons. The first-order valence-corrected chi connectivity index (χ1v) is 8.08. The zero-order chi connectivity index (χ0) is 16.5. The molecule has 23 heavy (non-hydrogen) atoms. The lowest BCUT2D eigenvalue weighted by Gasteiger charge is -2.08. The van der Waals surface area contributed by atoms with Gasteiger partial charge in [-0.3, -0.25) is 9.59 Å². The number of rotatable bonds is 8. The number of halogens is 1. The van der Waals surface area contributed by atoms with Gasteiger partial charge in [-0.25, -0.2) is 0 Å². The van der Waals surface area contributed by atoms with Crippen LogP contribution < -0.4 is 10.6 Å². The van der Waals surface area contributed by atoms with Gasteiger partial charge in [-0.05, 0) is 42.8 Å². The Labute approximate surface area is 140 Å². The molecule has 2 N–H and O–H groups in total. The van der Waals surface area contributed by atoms with Crippen molar-refractivity contribution >= 4 is 23.4 Å². The number of alkyl halides is 1. The molecule has 0 aliphatic heterocycles. The molecule has 6 heteroatoms. The molecule has 5 nitrogen and oxygen atoms in total. The van der Waals surface area contributed by atoms with E-state index in [-0.39, 0.29) is 11.8 Å². The topological polar surface area (TPSA) is 63.1 Å². The number of nitrogens with one attached hydrogen (secondary N) is 2. The minimum Gasteiger partial charge on any atom is -0.354 e. The quantitative estimate of drug-likeness (QED) is 0.575. The van der Waals surface area contributed by atoms with E-state index in [1.165, 1.54) is 0 Å². The predicted molar refractivity (Wildman–Crippen MR) is 91.1 cm³/mol. The van der Waals surface area contributed by atoms with Crippen LogP contribution in [0.15, 0.2) is 48.8 Å². The number of hydrogen-bond acceptors (Lipinski definition) is 2. The Kier molecular flexibility index (Phi) is 6.69. The monoisotopic (exact) mass is 333 g/mol. The van der Waals surface area contributed by atoms with Gasteiger partial charge in [-0.15, -0.1) is 11.6 Å². The van der Waals surface area contributed by atoms with Crippen molar-refractivity contribution in [2.24, 2.45) is 0 Å². The summed E-state index contributed by atoms with van der Waals surface area (Å²) >= 11 is 5.52. The molecule has 0 saturated heterocycles. The van der Waals surface area contributed by atoms with Crippen LogP contribution >= 0.6 is 11.6 Å². The Morgan fingerprint density at radius 3 is 2.30 bits per heavy atom. The summed E-state index contributed by atoms with van der Waals surface area (Å²) in [4.78, 5) is 23.4. The number of hydrogen-bond donors (Lipinski definition) is 2. The summed E-state index contributed by atoms with van der Waals surface area (Å²) in [6.45, 7) is 0.805. The van der Waals surface area contributed by atoms with Gasteiger partial charge in [0.25, 0.3) is 5.91 Å². The second-order valence-electron chi connectivity index (χ2n) is 5.04. The smallest absolute Gasteiger partial charge is 0.251 e. The van der Waals surface area contributed by atoms with Crippen LogP contribution in [0.2, 0.25) is 0 Å². The maximum Gasteiger partial charge on any atom is 0.251 e. The van der Waals surface area contributed by atoms with Crippen molar-refractivity contribution in [1.82, 2.24) is 15.2 Å². The fourth-order valence-electron chi connectivity index (χ4n) is 2.09. The van der Waals surface area contributed by atoms with E-state index in [0.717, 1.165) is 5.69 Å². The Morgan fingerprint density at radius 2 is 1.65 bits per heavy atom. The van der Waals surface area contributed by atoms with Gasteiger partial charge >= 0.3 is 0 Å². The largest absolute Gasteiger partial charge is 0.354 e. The molecule has 0 aliphatic carbocycles. The van der Waals surface area contributed by atoms with Crippen LogP contribution in [0.1, 0.15) is 23.2 Å². The zero-order valence-corrected chi connectivity index (χ0v) is 13.6. The Morgan fingerprint density at radius 1 is 1.00 bits per heavy atom. The van der Waals surface area contributed by atoms with Gasteiger partial charge < -0.3 is 15.2 Å². The summed E-state index contributed by atoms with van der Waals surface area (Å²) in [5.41, 5.74) is 1.59. The third-order valence-electron chi connectivity index (χ3n) is 3.30. The minimum absolute atomic E-state index is 0.0454. The first-order valence-electron chi connectivity index (χ1n) is 7.55. The average molecular weight is 334 g/mol. The van der Waals surface area contributed by atoms with Crippen molar-refractivity contribution in [1.29, 1.82) is 0 Å². The van der Waals surface area contributed by atoms with E-state index < -0.39 is 0 Å². The van der Waals surface area contributed by atoms with Crippen molar-refractivity contribution < 1.29 is 9.59 Å². The van der Waals surface area contributed by atoms with Crippen LogP contribution in [0.25, 0.3) is 5.69 Å². The highest BCUT2D eigenvalue weighted by Crippen LogP contribution is 2.09. The summed E-state index contributed by atoms with van der Waals surface area (Å²) in [6.07, 6.45) is 4.97. The molecular formula is C17H20ClN3O2. The molecule has 1 aromatic carbocycles. The molecule has 0 saturated carbocycles. The molecule has 0 spiro atoms. The van der Waals surface area contributed by atoms with E-state index in [4.69, 9.17) is 11.6 Å². The Hall–Kier alpha value is -2.27. The minimum atomic E-state index is -0.154. The highest BCUT2D eigenvalue weighted by Gasteiger charge is 2.05. The summed E-state index contributed by atoms with van der Waals surface area (Å²) in [7, 11) is 0. The maximum absolute atomic E-state index is 12.0. The van der Waals surface area contributed by atoms with Crippen molar-refractivity contribution in [3.05, 3.63) is 54.4 Å². The molecule has 0 aliphatic rings. The van der Waals surface area contributed by atoms with Crippen LogP contribution in [-0.4, -0.2) is 35.4 Å². The maximum atomic E-state index is 12.0. The number of carbonyl (C=O) groups excluding carboxylic acids is 2. The van der Waals surface area contributed by atoms with Gasteiger partial charge in [0.1, 0.15) is 0 Å². The standard InChI is InChI=1S/C17H20ClN3O2/c18-9-3-4-16(22)19-10-11-20-17(23)14-5-7-15(8-6-14)21-12-1-2-13-21/h1-2,5-8,12-13H,3-4,9-11H2,(H,19,22)(H,20,23). The average Bonchev–Trinajstić information content (AvgIpc) is 3.11. The molecule has 0 fully saturated rings. The third-order valence-corrected chi connectivity index (χ3v) is 3.57. The van der Waals surface area contributed by atoms with Crippen molar-refractivity contribution in [3.63, 3.8) is 0 Å². The van der Waals surface area contributed by atoms with Gasteiger partial charge in [0.15, 0.2) is 0 Å². The lowest BCUT2D eigenvalue weighted by atomic mass is 10.2. The summed E-state index contributed by atoms with van der Waals surface area (Å²) in [6, 6.07) is 11.2. The number of aromatic nitrogens is 1. The van der Waals surface area contributed by atoms with Crippen molar-refractivity contribution in [3.8, 4) is 5.69 Å². The third kappa shape index (κ3) is 5.45. The van der Waals surface area contributed by atoms with Gasteiger partial charge in [-0.2, -0.15) is 0 Å². The van der Waals surface area contributed by atoms with Crippen LogP contribution in [0, 0.1) is 0 Å². The van der Waals surface area contributed by atoms with Crippen molar-refractivity contribution in [2.45, 2.75) is 12.8 Å². The Bertz CT molecular complexity index is 624. The van der Waals surface area contributed by atoms with E-state index in [1.54, 1.807) is 12.1 Å². The first kappa shape index (κ1) is 17.1. The molecule has 2 amide bonds. The Balaban J connectivity index is 1.74. The normalized spacial score (nSPS) is 10.3. The summed E-state index contributed by atoms with van der Waals surface area (Å²) in [5, 5.41) is 5.51. The SMILES string of the molecule is O=C(CCCCl)NCCNC(=O)c1ccc(-n2cccc2)cc1. The fourth-order valence-corrected chi connectivity index (χ4v) is 2.22. The highest BCUT2D eigenvalue weighted by molar-refractivity contribution is 6.17. The second kappa shape index (κ2) is 9.00. The summed E-state index contributed by atoms with van der Waals surface area (Å²) in [5.74, 6) is 0.276. The zero-order valence-electron chi connectivity index (χ0n) is 12.8. The molecule has 1 aromatic heterocycles. The number of nitrogens with zero attached hydrogens (tertiary/aromatic N) is 1. The van der Waals surface area contributed by atoms with Gasteiger partial charge in [0, 0.05) is 49.0 Å². The molecule has 0 unspecified atom stereocenters. The highest BCUT2D eigenvalue weighted by atomic mass is 35.5. The molecule has 1 heterocycles. The van der Waals surface area contributed by atoms with Gasteiger partial charge in [0.2, 0.25) is 5.91 Å². The van der Waals surface area contributed by atoms with E-state index >= 15 is 0 Å². The van der Waals surface area contributed by atoms with Crippen LogP contribution in [0.5, 0.6) is 0 Å². The summed E-state index contributed by atoms with van der Waals surface area (Å²) < 4.78 is 1.97. The molecule has 0 radical (unpaired) electrons. The van der Waals surface area contributed by atoms with E-state index in [2.05, 4.69) is 10.6 Å². The van der Waals surface area contributed by atoms with Gasteiger partial charge in [0.05, 0.1) is 0 Å². The van der Waals surface area contributed by atoms with Crippen molar-refractivity contribution in [2.75, 3.05) is 19.0 Å². The molecule has 2 rings (SSSR count). The van der Waals surface area contributed by atoms with Crippen LogP contribution in [-0.2, 0) is 4.79 Å². The van der Waals surface area contributed by atoms with Crippen LogP contribution in [0.3, 0.4) is 0 Å². The molecule has 0 atom stereocenters. The number of amides is 2. The van der Waals surface area contributed by atoms with E-state index in [1.807, 2.05) is 41.2 Å². The van der Waals surface area contributed by atoms with E-state index in [0.29, 0.717) is 37.4 Å². The lowest BCUT2D eigenvalue weighted by Crippen LogP contribution is -2.34. The number of carbonyl (C=O) groups is 2. The molecule has 2 aromatic rings. The lowest BCUT2D eigenvalue weighted by molar-refractivity contribution is -0.121. The number of benzene rings is 1. The van der Waals surface area contributed by atoms with Crippen LogP contribution in [0.4, 0.5) is 0 Å².